The molecule has 0 aromatic heterocycles. The molecule has 0 radical (unpaired) electrons. The number of hydrogen-bond donors (Lipinski definition) is 1. The molecule has 0 unspecified atom stereocenters. The lowest BCUT2D eigenvalue weighted by atomic mass is 10.1. The van der Waals surface area contributed by atoms with Crippen LogP contribution in [0.15, 0.2) is 24.3 Å². The van der Waals surface area contributed by atoms with Crippen LogP contribution < -0.4 is 9.47 Å². The number of methoxy groups -OCH3 is 1. The maximum Gasteiger partial charge on any atom is 0.161 e. The van der Waals surface area contributed by atoms with Crippen LogP contribution in [-0.2, 0) is 0 Å². The summed E-state index contributed by atoms with van der Waals surface area (Å²) in [5.74, 6) is 1.58. The van der Waals surface area contributed by atoms with Crippen molar-refractivity contribution in [3.63, 3.8) is 0 Å². The number of aliphatic hydroxyl groups is 1. The summed E-state index contributed by atoms with van der Waals surface area (Å²) in [7, 11) is 1.66. The molecule has 1 aliphatic heterocycles. The molecule has 5 nitrogen and oxygen atoms in total. The van der Waals surface area contributed by atoms with Crippen molar-refractivity contribution in [1.29, 1.82) is 0 Å². The molecule has 1 saturated heterocycles. The summed E-state index contributed by atoms with van der Waals surface area (Å²) in [6.07, 6.45) is 0.848. The van der Waals surface area contributed by atoms with E-state index in [1.165, 1.54) is 0 Å². The summed E-state index contributed by atoms with van der Waals surface area (Å²) in [5.41, 5.74) is 0. The Bertz CT molecular complexity index is 467. The van der Waals surface area contributed by atoms with Crippen molar-refractivity contribution < 1.29 is 14.6 Å². The average molecular weight is 322 g/mol. The van der Waals surface area contributed by atoms with Crippen molar-refractivity contribution in [2.45, 2.75) is 32.4 Å². The van der Waals surface area contributed by atoms with Gasteiger partial charge < -0.3 is 14.6 Å². The molecule has 1 aromatic rings. The van der Waals surface area contributed by atoms with Crippen LogP contribution >= 0.6 is 0 Å². The second-order valence-corrected chi connectivity index (χ2v) is 6.21. The highest BCUT2D eigenvalue weighted by atomic mass is 16.5. The lowest BCUT2D eigenvalue weighted by Gasteiger charge is -2.41. The van der Waals surface area contributed by atoms with E-state index in [-0.39, 0.29) is 6.10 Å². The van der Waals surface area contributed by atoms with E-state index in [1.54, 1.807) is 7.11 Å². The highest BCUT2D eigenvalue weighted by Gasteiger charge is 2.26. The van der Waals surface area contributed by atoms with Gasteiger partial charge in [-0.05, 0) is 25.5 Å². The van der Waals surface area contributed by atoms with Gasteiger partial charge in [0.2, 0.25) is 0 Å². The standard InChI is InChI=1S/C18H30N2O3/c1-4-16-14-19(9-10-20(16)13-15(2)21)11-12-23-18-8-6-5-7-17(18)22-3/h5-8,15-16,21H,4,9-14H2,1-3H3/t15-,16+/m0/s1. The zero-order valence-corrected chi connectivity index (χ0v) is 14.6. The molecule has 5 heteroatoms. The highest BCUT2D eigenvalue weighted by molar-refractivity contribution is 5.39. The van der Waals surface area contributed by atoms with Crippen LogP contribution in [-0.4, -0.2) is 73.5 Å². The van der Waals surface area contributed by atoms with Crippen molar-refractivity contribution >= 4 is 0 Å². The van der Waals surface area contributed by atoms with Crippen LogP contribution in [0.5, 0.6) is 11.5 Å². The Labute approximate surface area is 139 Å². The average Bonchev–Trinajstić information content (AvgIpc) is 2.56. The van der Waals surface area contributed by atoms with E-state index in [0.29, 0.717) is 12.6 Å². The normalized spacial score (nSPS) is 21.1. The van der Waals surface area contributed by atoms with Gasteiger partial charge >= 0.3 is 0 Å². The summed E-state index contributed by atoms with van der Waals surface area (Å²) in [4.78, 5) is 4.85. The van der Waals surface area contributed by atoms with Gasteiger partial charge in [0, 0.05) is 38.8 Å². The predicted octanol–water partition coefficient (Wildman–Crippen LogP) is 1.85. The molecule has 1 aromatic carbocycles. The Hall–Kier alpha value is -1.30. The van der Waals surface area contributed by atoms with Crippen molar-refractivity contribution in [2.75, 3.05) is 46.4 Å². The van der Waals surface area contributed by atoms with Crippen molar-refractivity contribution in [3.8, 4) is 11.5 Å². The minimum atomic E-state index is -0.260. The summed E-state index contributed by atoms with van der Waals surface area (Å²) in [6, 6.07) is 8.27. The molecule has 23 heavy (non-hydrogen) atoms. The van der Waals surface area contributed by atoms with Gasteiger partial charge in [0.15, 0.2) is 11.5 Å². The van der Waals surface area contributed by atoms with E-state index in [2.05, 4.69) is 16.7 Å². The fraction of sp³-hybridized carbons (Fsp3) is 0.667. The van der Waals surface area contributed by atoms with E-state index < -0.39 is 0 Å². The number of ether oxygens (including phenoxy) is 2. The maximum atomic E-state index is 9.61. The van der Waals surface area contributed by atoms with Crippen LogP contribution in [0.4, 0.5) is 0 Å². The van der Waals surface area contributed by atoms with Crippen molar-refractivity contribution in [2.24, 2.45) is 0 Å². The second-order valence-electron chi connectivity index (χ2n) is 6.21. The van der Waals surface area contributed by atoms with Crippen molar-refractivity contribution in [3.05, 3.63) is 24.3 Å². The van der Waals surface area contributed by atoms with Gasteiger partial charge in [0.25, 0.3) is 0 Å². The zero-order chi connectivity index (χ0) is 16.7. The number of rotatable bonds is 8. The first-order valence-corrected chi connectivity index (χ1v) is 8.54. The smallest absolute Gasteiger partial charge is 0.161 e. The Morgan fingerprint density at radius 3 is 2.65 bits per heavy atom. The minimum Gasteiger partial charge on any atom is -0.493 e. The molecule has 130 valence electrons. The molecule has 0 saturated carbocycles. The number of piperazine rings is 1. The first-order valence-electron chi connectivity index (χ1n) is 8.54. The van der Waals surface area contributed by atoms with E-state index in [9.17, 15) is 5.11 Å². The first-order chi connectivity index (χ1) is 11.1. The third-order valence-electron chi connectivity index (χ3n) is 4.39. The summed E-state index contributed by atoms with van der Waals surface area (Å²) >= 11 is 0. The fourth-order valence-electron chi connectivity index (χ4n) is 3.15. The number of β-amino-alcohol motifs (C(OH)–C–C–N with tert-alkyl or cyclic N) is 1. The Morgan fingerprint density at radius 2 is 2.00 bits per heavy atom. The van der Waals surface area contributed by atoms with Crippen LogP contribution in [0, 0.1) is 0 Å². The van der Waals surface area contributed by atoms with Crippen LogP contribution in [0.1, 0.15) is 20.3 Å². The maximum absolute atomic E-state index is 9.61. The van der Waals surface area contributed by atoms with Gasteiger partial charge in [-0.2, -0.15) is 0 Å². The predicted molar refractivity (Wildman–Crippen MR) is 92.3 cm³/mol. The van der Waals surface area contributed by atoms with Crippen molar-refractivity contribution in [1.82, 2.24) is 9.80 Å². The largest absolute Gasteiger partial charge is 0.493 e. The van der Waals surface area contributed by atoms with Gasteiger partial charge in [-0.25, -0.2) is 0 Å². The SMILES string of the molecule is CC[C@@H]1CN(CCOc2ccccc2OC)CCN1C[C@H](C)O. The van der Waals surface area contributed by atoms with Gasteiger partial charge in [0.1, 0.15) is 6.61 Å². The molecular weight excluding hydrogens is 292 g/mol. The minimum absolute atomic E-state index is 0.260. The number of aliphatic hydroxyl groups excluding tert-OH is 1. The third-order valence-corrected chi connectivity index (χ3v) is 4.39. The molecule has 1 aliphatic rings. The summed E-state index contributed by atoms with van der Waals surface area (Å²) in [6.45, 7) is 9.50. The fourth-order valence-corrected chi connectivity index (χ4v) is 3.15. The number of hydrogen-bond acceptors (Lipinski definition) is 5. The molecule has 1 heterocycles. The molecule has 0 bridgehead atoms. The first kappa shape index (κ1) is 18.0. The van der Waals surface area contributed by atoms with Crippen LogP contribution in [0.25, 0.3) is 0 Å². The summed E-state index contributed by atoms with van der Waals surface area (Å²) in [5, 5.41) is 9.61. The van der Waals surface area contributed by atoms with Gasteiger partial charge in [-0.15, -0.1) is 0 Å². The molecule has 1 N–H and O–H groups in total. The molecule has 1 fully saturated rings. The Balaban J connectivity index is 1.78. The molecule has 0 aliphatic carbocycles. The van der Waals surface area contributed by atoms with E-state index >= 15 is 0 Å². The number of para-hydroxylation sites is 2. The molecule has 0 amide bonds. The van der Waals surface area contributed by atoms with Gasteiger partial charge in [-0.3, -0.25) is 9.80 Å². The lowest BCUT2D eigenvalue weighted by molar-refractivity contribution is 0.0321. The quantitative estimate of drug-likeness (QED) is 0.791. The number of benzene rings is 1. The van der Waals surface area contributed by atoms with Crippen LogP contribution in [0.3, 0.4) is 0 Å². The van der Waals surface area contributed by atoms with Crippen LogP contribution in [0.2, 0.25) is 0 Å². The van der Waals surface area contributed by atoms with E-state index in [1.807, 2.05) is 31.2 Å². The molecular formula is C18H30N2O3. The molecule has 0 spiro atoms. The highest BCUT2D eigenvalue weighted by Crippen LogP contribution is 2.25. The second kappa shape index (κ2) is 9.11. The lowest BCUT2D eigenvalue weighted by Crippen LogP contribution is -2.55. The molecule has 2 atom stereocenters. The van der Waals surface area contributed by atoms with E-state index in [4.69, 9.17) is 9.47 Å². The topological polar surface area (TPSA) is 45.2 Å². The number of nitrogens with zero attached hydrogens (tertiary/aromatic N) is 2. The van der Waals surface area contributed by atoms with Gasteiger partial charge in [0.05, 0.1) is 13.2 Å². The summed E-state index contributed by atoms with van der Waals surface area (Å²) < 4.78 is 11.2. The van der Waals surface area contributed by atoms with E-state index in [0.717, 1.165) is 50.6 Å². The zero-order valence-electron chi connectivity index (χ0n) is 14.6. The third kappa shape index (κ3) is 5.37. The Kier molecular flexibility index (Phi) is 7.15. The molecule has 2 rings (SSSR count). The monoisotopic (exact) mass is 322 g/mol. The Morgan fingerprint density at radius 1 is 1.26 bits per heavy atom. The van der Waals surface area contributed by atoms with Gasteiger partial charge in [-0.1, -0.05) is 19.1 Å².